The highest BCUT2D eigenvalue weighted by Gasteiger charge is 2.42. The van der Waals surface area contributed by atoms with Crippen molar-refractivity contribution in [3.8, 4) is 0 Å². The van der Waals surface area contributed by atoms with Gasteiger partial charge in [0.1, 0.15) is 12.0 Å². The topological polar surface area (TPSA) is 79.5 Å². The molecule has 0 spiro atoms. The minimum absolute atomic E-state index is 0.0284. The second-order valence-corrected chi connectivity index (χ2v) is 5.56. The summed E-state index contributed by atoms with van der Waals surface area (Å²) in [6.45, 7) is 3.55. The van der Waals surface area contributed by atoms with Crippen molar-refractivity contribution in [3.05, 3.63) is 27.9 Å². The molecule has 1 N–H and O–H groups in total. The van der Waals surface area contributed by atoms with Gasteiger partial charge in [0.25, 0.3) is 5.69 Å². The molecule has 2 heterocycles. The van der Waals surface area contributed by atoms with E-state index >= 15 is 0 Å². The molecule has 0 bridgehead atoms. The first-order chi connectivity index (χ1) is 9.06. The molecule has 3 atom stereocenters. The molecule has 1 saturated heterocycles. The summed E-state index contributed by atoms with van der Waals surface area (Å²) < 4.78 is 0. The third-order valence-corrected chi connectivity index (χ3v) is 4.37. The summed E-state index contributed by atoms with van der Waals surface area (Å²) >= 11 is 0. The van der Waals surface area contributed by atoms with E-state index in [4.69, 9.17) is 0 Å². The van der Waals surface area contributed by atoms with Crippen molar-refractivity contribution in [2.45, 2.75) is 25.9 Å². The average molecular weight is 263 g/mol. The summed E-state index contributed by atoms with van der Waals surface area (Å²) in [6.07, 6.45) is 3.07. The number of pyridine rings is 1. The van der Waals surface area contributed by atoms with E-state index < -0.39 is 4.92 Å². The predicted octanol–water partition coefficient (Wildman–Crippen LogP) is 1.51. The van der Waals surface area contributed by atoms with Gasteiger partial charge in [-0.3, -0.25) is 10.1 Å². The fourth-order valence-electron chi connectivity index (χ4n) is 3.39. The van der Waals surface area contributed by atoms with Crippen molar-refractivity contribution in [1.29, 1.82) is 0 Å². The van der Waals surface area contributed by atoms with E-state index in [2.05, 4.69) is 9.88 Å². The lowest BCUT2D eigenvalue weighted by Crippen LogP contribution is -2.25. The van der Waals surface area contributed by atoms with Crippen LogP contribution in [0, 0.1) is 28.9 Å². The smallest absolute Gasteiger partial charge is 0.287 e. The lowest BCUT2D eigenvalue weighted by Gasteiger charge is -2.20. The maximum atomic E-state index is 10.7. The van der Waals surface area contributed by atoms with Crippen LogP contribution in [-0.4, -0.2) is 34.2 Å². The van der Waals surface area contributed by atoms with Crippen molar-refractivity contribution >= 4 is 11.5 Å². The van der Waals surface area contributed by atoms with Crippen molar-refractivity contribution in [3.63, 3.8) is 0 Å². The van der Waals surface area contributed by atoms with Crippen molar-refractivity contribution in [2.24, 2.45) is 11.8 Å². The number of nitrogens with zero attached hydrogens (tertiary/aromatic N) is 3. The molecular weight excluding hydrogens is 246 g/mol. The largest absolute Gasteiger partial charge is 0.393 e. The van der Waals surface area contributed by atoms with Gasteiger partial charge in [0.05, 0.1) is 11.0 Å². The molecule has 19 heavy (non-hydrogen) atoms. The van der Waals surface area contributed by atoms with Gasteiger partial charge in [0, 0.05) is 25.1 Å². The van der Waals surface area contributed by atoms with Crippen LogP contribution in [0.5, 0.6) is 0 Å². The molecule has 2 fully saturated rings. The fourth-order valence-corrected chi connectivity index (χ4v) is 3.39. The van der Waals surface area contributed by atoms with E-state index in [1.54, 1.807) is 6.07 Å². The maximum absolute atomic E-state index is 10.7. The summed E-state index contributed by atoms with van der Waals surface area (Å²) in [5.41, 5.74) is 0.851. The van der Waals surface area contributed by atoms with Crippen LogP contribution in [-0.2, 0) is 0 Å². The lowest BCUT2D eigenvalue weighted by molar-refractivity contribution is -0.385. The molecule has 0 aromatic carbocycles. The standard InChI is InChI=1S/C13H17N3O3/c1-8-4-10(16(18)19)5-14-13(8)15-6-9-2-3-12(17)11(9)7-15/h4-5,9,11-12,17H,2-3,6-7H2,1H3. The van der Waals surface area contributed by atoms with E-state index in [0.717, 1.165) is 37.3 Å². The second-order valence-electron chi connectivity index (χ2n) is 5.56. The van der Waals surface area contributed by atoms with E-state index in [1.807, 2.05) is 6.92 Å². The molecule has 0 radical (unpaired) electrons. The maximum Gasteiger partial charge on any atom is 0.287 e. The first-order valence-electron chi connectivity index (χ1n) is 6.60. The molecular formula is C13H17N3O3. The minimum atomic E-state index is -0.424. The number of aryl methyl sites for hydroxylation is 1. The normalized spacial score (nSPS) is 29.6. The Hall–Kier alpha value is -1.69. The first-order valence-corrected chi connectivity index (χ1v) is 6.60. The molecule has 2 aliphatic rings. The first kappa shape index (κ1) is 12.3. The van der Waals surface area contributed by atoms with Gasteiger partial charge >= 0.3 is 0 Å². The van der Waals surface area contributed by atoms with Gasteiger partial charge in [-0.2, -0.15) is 0 Å². The number of aliphatic hydroxyl groups excluding tert-OH is 1. The quantitative estimate of drug-likeness (QED) is 0.646. The number of rotatable bonds is 2. The van der Waals surface area contributed by atoms with Gasteiger partial charge in [-0.25, -0.2) is 4.98 Å². The summed E-state index contributed by atoms with van der Waals surface area (Å²) in [6, 6.07) is 1.56. The van der Waals surface area contributed by atoms with Crippen molar-refractivity contribution in [2.75, 3.05) is 18.0 Å². The molecule has 3 rings (SSSR count). The van der Waals surface area contributed by atoms with E-state index in [9.17, 15) is 15.2 Å². The molecule has 6 heteroatoms. The van der Waals surface area contributed by atoms with Crippen LogP contribution in [0.25, 0.3) is 0 Å². The Labute approximate surface area is 111 Å². The van der Waals surface area contributed by atoms with Gasteiger partial charge in [0.2, 0.25) is 0 Å². The zero-order valence-electron chi connectivity index (χ0n) is 10.8. The van der Waals surface area contributed by atoms with Crippen molar-refractivity contribution in [1.82, 2.24) is 4.98 Å². The number of aliphatic hydroxyl groups is 1. The van der Waals surface area contributed by atoms with Crippen LogP contribution in [0.15, 0.2) is 12.3 Å². The van der Waals surface area contributed by atoms with Crippen molar-refractivity contribution < 1.29 is 10.0 Å². The van der Waals surface area contributed by atoms with Crippen LogP contribution in [0.4, 0.5) is 11.5 Å². The Morgan fingerprint density at radius 1 is 1.47 bits per heavy atom. The molecule has 1 aromatic heterocycles. The van der Waals surface area contributed by atoms with Crippen LogP contribution < -0.4 is 4.90 Å². The van der Waals surface area contributed by atoms with Crippen LogP contribution in [0.1, 0.15) is 18.4 Å². The molecule has 0 amide bonds. The Kier molecular flexibility index (Phi) is 2.89. The zero-order chi connectivity index (χ0) is 13.6. The van der Waals surface area contributed by atoms with E-state index in [1.165, 1.54) is 6.20 Å². The van der Waals surface area contributed by atoms with Gasteiger partial charge in [0.15, 0.2) is 0 Å². The highest BCUT2D eigenvalue weighted by molar-refractivity contribution is 5.51. The Balaban J connectivity index is 1.82. The summed E-state index contributed by atoms with van der Waals surface area (Å²) in [7, 11) is 0. The molecule has 102 valence electrons. The van der Waals surface area contributed by atoms with E-state index in [-0.39, 0.29) is 11.8 Å². The number of aromatic nitrogens is 1. The average Bonchev–Trinajstić information content (AvgIpc) is 2.92. The number of hydrogen-bond donors (Lipinski definition) is 1. The number of hydrogen-bond acceptors (Lipinski definition) is 5. The zero-order valence-corrected chi connectivity index (χ0v) is 10.8. The number of anilines is 1. The molecule has 1 aliphatic carbocycles. The van der Waals surface area contributed by atoms with Gasteiger partial charge in [-0.15, -0.1) is 0 Å². The fraction of sp³-hybridized carbons (Fsp3) is 0.615. The van der Waals surface area contributed by atoms with Gasteiger partial charge in [-0.05, 0) is 31.2 Å². The Morgan fingerprint density at radius 3 is 2.89 bits per heavy atom. The third-order valence-electron chi connectivity index (χ3n) is 4.37. The highest BCUT2D eigenvalue weighted by Crippen LogP contribution is 2.40. The van der Waals surface area contributed by atoms with Gasteiger partial charge < -0.3 is 10.0 Å². The Bertz CT molecular complexity index is 520. The van der Waals surface area contributed by atoms with Crippen LogP contribution >= 0.6 is 0 Å². The summed E-state index contributed by atoms with van der Waals surface area (Å²) in [4.78, 5) is 16.7. The summed E-state index contributed by atoms with van der Waals surface area (Å²) in [5, 5.41) is 20.6. The monoisotopic (exact) mass is 263 g/mol. The third kappa shape index (κ3) is 2.06. The predicted molar refractivity (Wildman–Crippen MR) is 70.1 cm³/mol. The van der Waals surface area contributed by atoms with E-state index in [0.29, 0.717) is 11.8 Å². The molecule has 1 aromatic rings. The number of fused-ring (bicyclic) bond motifs is 1. The SMILES string of the molecule is Cc1cc([N+](=O)[O-])cnc1N1CC2CCC(O)C2C1. The minimum Gasteiger partial charge on any atom is -0.393 e. The summed E-state index contributed by atoms with van der Waals surface area (Å²) in [5.74, 6) is 1.68. The lowest BCUT2D eigenvalue weighted by atomic mass is 10.00. The molecule has 1 aliphatic heterocycles. The second kappa shape index (κ2) is 4.45. The number of nitro groups is 1. The molecule has 1 saturated carbocycles. The van der Waals surface area contributed by atoms with Gasteiger partial charge in [-0.1, -0.05) is 0 Å². The molecule has 3 unspecified atom stereocenters. The van der Waals surface area contributed by atoms with Crippen LogP contribution in [0.3, 0.4) is 0 Å². The highest BCUT2D eigenvalue weighted by atomic mass is 16.6. The Morgan fingerprint density at radius 2 is 2.26 bits per heavy atom. The molecule has 6 nitrogen and oxygen atoms in total. The van der Waals surface area contributed by atoms with Crippen LogP contribution in [0.2, 0.25) is 0 Å².